The maximum Gasteiger partial charge on any atom is 0.335 e. The van der Waals surface area contributed by atoms with Gasteiger partial charge in [0.25, 0.3) is 0 Å². The molecule has 0 aliphatic carbocycles. The molecule has 0 amide bonds. The fourth-order valence-electron chi connectivity index (χ4n) is 1.76. The van der Waals surface area contributed by atoms with Crippen LogP contribution in [0.25, 0.3) is 0 Å². The molecular weight excluding hydrogens is 308 g/mol. The number of halogens is 1. The number of aromatic nitrogens is 1. The van der Waals surface area contributed by atoms with Crippen molar-refractivity contribution in [3.63, 3.8) is 0 Å². The predicted octanol–water partition coefficient (Wildman–Crippen LogP) is 3.90. The molecule has 19 heavy (non-hydrogen) atoms. The zero-order chi connectivity index (χ0) is 14.0. The van der Waals surface area contributed by atoms with Crippen LogP contribution in [0.2, 0.25) is 0 Å². The number of aromatic carboxylic acids is 1. The highest BCUT2D eigenvalue weighted by Crippen LogP contribution is 2.23. The number of nitrogens with one attached hydrogen (secondary N) is 1. The van der Waals surface area contributed by atoms with Gasteiger partial charge in [0.05, 0.1) is 5.56 Å². The third-order valence-electron chi connectivity index (χ3n) is 2.65. The summed E-state index contributed by atoms with van der Waals surface area (Å²) in [6.45, 7) is 3.74. The van der Waals surface area contributed by atoms with Crippen LogP contribution in [-0.4, -0.2) is 16.1 Å². The van der Waals surface area contributed by atoms with Crippen LogP contribution in [-0.2, 0) is 0 Å². The summed E-state index contributed by atoms with van der Waals surface area (Å²) < 4.78 is 0.999. The second-order valence-corrected chi connectivity index (χ2v) is 5.19. The van der Waals surface area contributed by atoms with Crippen LogP contribution in [0.15, 0.2) is 34.8 Å². The Morgan fingerprint density at radius 3 is 2.63 bits per heavy atom. The topological polar surface area (TPSA) is 62.2 Å². The molecule has 2 N–H and O–H groups in total. The lowest BCUT2D eigenvalue weighted by Crippen LogP contribution is -2.02. The number of carboxylic acids is 1. The summed E-state index contributed by atoms with van der Waals surface area (Å²) in [5, 5.41) is 12.2. The summed E-state index contributed by atoms with van der Waals surface area (Å²) in [5.41, 5.74) is 2.84. The molecule has 2 aromatic rings. The number of nitrogens with zero attached hydrogens (tertiary/aromatic N) is 1. The van der Waals surface area contributed by atoms with Gasteiger partial charge in [0.2, 0.25) is 0 Å². The van der Waals surface area contributed by atoms with Crippen LogP contribution in [0.5, 0.6) is 0 Å². The Morgan fingerprint density at radius 1 is 1.26 bits per heavy atom. The van der Waals surface area contributed by atoms with Crippen molar-refractivity contribution in [1.29, 1.82) is 0 Å². The smallest absolute Gasteiger partial charge is 0.335 e. The first-order valence-electron chi connectivity index (χ1n) is 5.71. The lowest BCUT2D eigenvalue weighted by atomic mass is 10.2. The van der Waals surface area contributed by atoms with Gasteiger partial charge in [-0.1, -0.05) is 15.9 Å². The minimum Gasteiger partial charge on any atom is -0.478 e. The van der Waals surface area contributed by atoms with Crippen LogP contribution >= 0.6 is 15.9 Å². The molecule has 0 spiro atoms. The molecule has 0 saturated carbocycles. The highest BCUT2D eigenvalue weighted by molar-refractivity contribution is 9.10. The number of benzene rings is 1. The van der Waals surface area contributed by atoms with Gasteiger partial charge in [-0.25, -0.2) is 9.78 Å². The molecule has 0 radical (unpaired) electrons. The van der Waals surface area contributed by atoms with E-state index in [4.69, 9.17) is 5.11 Å². The van der Waals surface area contributed by atoms with Crippen LogP contribution in [0.3, 0.4) is 0 Å². The third-order valence-corrected chi connectivity index (χ3v) is 3.14. The zero-order valence-electron chi connectivity index (χ0n) is 10.6. The van der Waals surface area contributed by atoms with Gasteiger partial charge in [0, 0.05) is 15.9 Å². The highest BCUT2D eigenvalue weighted by Gasteiger charge is 2.07. The number of hydrogen-bond donors (Lipinski definition) is 2. The van der Waals surface area contributed by atoms with E-state index in [1.807, 2.05) is 25.1 Å². The van der Waals surface area contributed by atoms with Gasteiger partial charge in [-0.3, -0.25) is 0 Å². The Morgan fingerprint density at radius 2 is 2.00 bits per heavy atom. The first-order valence-corrected chi connectivity index (χ1v) is 6.50. The number of aryl methyl sites for hydroxylation is 2. The van der Waals surface area contributed by atoms with Crippen molar-refractivity contribution in [2.24, 2.45) is 0 Å². The van der Waals surface area contributed by atoms with Crippen molar-refractivity contribution in [2.45, 2.75) is 13.8 Å². The molecule has 0 saturated heterocycles. The van der Waals surface area contributed by atoms with E-state index < -0.39 is 5.97 Å². The molecule has 0 bridgehead atoms. The van der Waals surface area contributed by atoms with E-state index in [0.717, 1.165) is 15.7 Å². The number of carbonyl (C=O) groups is 1. The summed E-state index contributed by atoms with van der Waals surface area (Å²) in [5.74, 6) is -0.427. The van der Waals surface area contributed by atoms with E-state index in [-0.39, 0.29) is 5.56 Å². The van der Waals surface area contributed by atoms with E-state index in [1.54, 1.807) is 13.0 Å². The molecule has 2 rings (SSSR count). The standard InChI is InChI=1S/C14H13BrN2O2/c1-8-5-11(15)3-4-12(8)17-13-7-10(14(18)19)6-9(2)16-13/h3-7H,1-2H3,(H,16,17)(H,18,19). The van der Waals surface area contributed by atoms with Crippen molar-refractivity contribution in [3.8, 4) is 0 Å². The molecule has 5 heteroatoms. The molecule has 0 fully saturated rings. The number of hydrogen-bond acceptors (Lipinski definition) is 3. The van der Waals surface area contributed by atoms with Crippen molar-refractivity contribution in [2.75, 3.05) is 5.32 Å². The predicted molar refractivity (Wildman–Crippen MR) is 78.1 cm³/mol. The number of rotatable bonds is 3. The second kappa shape index (κ2) is 5.40. The molecular formula is C14H13BrN2O2. The first kappa shape index (κ1) is 13.5. The Bertz CT molecular complexity index is 641. The zero-order valence-corrected chi connectivity index (χ0v) is 12.2. The van der Waals surface area contributed by atoms with Gasteiger partial charge in [0.1, 0.15) is 5.82 Å². The Balaban J connectivity index is 2.35. The molecule has 1 aromatic heterocycles. The van der Waals surface area contributed by atoms with Gasteiger partial charge in [-0.15, -0.1) is 0 Å². The minimum atomic E-state index is -0.957. The van der Waals surface area contributed by atoms with Gasteiger partial charge in [0.15, 0.2) is 0 Å². The van der Waals surface area contributed by atoms with Crippen LogP contribution in [0, 0.1) is 13.8 Å². The fraction of sp³-hybridized carbons (Fsp3) is 0.143. The Labute approximate surface area is 119 Å². The average Bonchev–Trinajstić information content (AvgIpc) is 2.32. The van der Waals surface area contributed by atoms with E-state index >= 15 is 0 Å². The number of carboxylic acid groups (broad SMARTS) is 1. The van der Waals surface area contributed by atoms with E-state index in [1.165, 1.54) is 6.07 Å². The molecule has 0 unspecified atom stereocenters. The van der Waals surface area contributed by atoms with Crippen molar-refractivity contribution in [3.05, 3.63) is 51.6 Å². The molecule has 1 heterocycles. The Hall–Kier alpha value is -1.88. The highest BCUT2D eigenvalue weighted by atomic mass is 79.9. The van der Waals surface area contributed by atoms with Crippen LogP contribution < -0.4 is 5.32 Å². The maximum absolute atomic E-state index is 11.0. The lowest BCUT2D eigenvalue weighted by molar-refractivity contribution is 0.0696. The van der Waals surface area contributed by atoms with Crippen molar-refractivity contribution < 1.29 is 9.90 Å². The summed E-state index contributed by atoms with van der Waals surface area (Å²) in [4.78, 5) is 15.3. The van der Waals surface area contributed by atoms with Gasteiger partial charge in [-0.05, 0) is 49.7 Å². The Kier molecular flexibility index (Phi) is 3.85. The quantitative estimate of drug-likeness (QED) is 0.900. The van der Waals surface area contributed by atoms with E-state index in [9.17, 15) is 4.79 Å². The number of anilines is 2. The van der Waals surface area contributed by atoms with Gasteiger partial charge in [-0.2, -0.15) is 0 Å². The second-order valence-electron chi connectivity index (χ2n) is 4.27. The SMILES string of the molecule is Cc1cc(C(=O)O)cc(Nc2ccc(Br)cc2C)n1. The summed E-state index contributed by atoms with van der Waals surface area (Å²) >= 11 is 3.40. The average molecular weight is 321 g/mol. The molecule has 0 aliphatic heterocycles. The molecule has 0 aliphatic rings. The van der Waals surface area contributed by atoms with Crippen molar-refractivity contribution in [1.82, 2.24) is 4.98 Å². The summed E-state index contributed by atoms with van der Waals surface area (Å²) in [7, 11) is 0. The third kappa shape index (κ3) is 3.32. The van der Waals surface area contributed by atoms with Gasteiger partial charge < -0.3 is 10.4 Å². The first-order chi connectivity index (χ1) is 8.95. The summed E-state index contributed by atoms with van der Waals surface area (Å²) in [6, 6.07) is 8.89. The van der Waals surface area contributed by atoms with Crippen LogP contribution in [0.1, 0.15) is 21.6 Å². The van der Waals surface area contributed by atoms with Crippen molar-refractivity contribution >= 4 is 33.4 Å². The molecule has 98 valence electrons. The molecule has 0 atom stereocenters. The summed E-state index contributed by atoms with van der Waals surface area (Å²) in [6.07, 6.45) is 0. The minimum absolute atomic E-state index is 0.227. The fourth-order valence-corrected chi connectivity index (χ4v) is 2.24. The van der Waals surface area contributed by atoms with E-state index in [0.29, 0.717) is 11.5 Å². The monoisotopic (exact) mass is 320 g/mol. The molecule has 1 aromatic carbocycles. The van der Waals surface area contributed by atoms with Crippen LogP contribution in [0.4, 0.5) is 11.5 Å². The normalized spacial score (nSPS) is 10.3. The van der Waals surface area contributed by atoms with E-state index in [2.05, 4.69) is 26.2 Å². The number of pyridine rings is 1. The molecule has 4 nitrogen and oxygen atoms in total. The van der Waals surface area contributed by atoms with Gasteiger partial charge >= 0.3 is 5.97 Å². The lowest BCUT2D eigenvalue weighted by Gasteiger charge is -2.10. The maximum atomic E-state index is 11.0. The largest absolute Gasteiger partial charge is 0.478 e.